The molecule has 0 aliphatic carbocycles. The molecule has 1 heterocycles. The lowest BCUT2D eigenvalue weighted by molar-refractivity contribution is -0.127. The molecule has 0 spiro atoms. The molecule has 0 saturated carbocycles. The molecule has 1 aromatic carbocycles. The molecule has 0 bridgehead atoms. The molecule has 0 saturated heterocycles. The summed E-state index contributed by atoms with van der Waals surface area (Å²) in [5, 5.41) is 6.26. The van der Waals surface area contributed by atoms with Crippen molar-refractivity contribution in [1.82, 2.24) is 10.6 Å². The van der Waals surface area contributed by atoms with Crippen LogP contribution in [-0.4, -0.2) is 31.0 Å². The fourth-order valence-corrected chi connectivity index (χ4v) is 2.49. The van der Waals surface area contributed by atoms with Crippen molar-refractivity contribution < 1.29 is 18.7 Å². The SMILES string of the molecule is CCOc1cccc2cc(C(C)NC(=O)CNC(=O)[C@@H](N)C(C)C)oc12. The first-order chi connectivity index (χ1) is 12.3. The molecule has 2 atom stereocenters. The molecule has 2 rings (SSSR count). The number of nitrogens with one attached hydrogen (secondary N) is 2. The molecule has 1 aromatic heterocycles. The maximum absolute atomic E-state index is 12.1. The van der Waals surface area contributed by atoms with Crippen molar-refractivity contribution >= 4 is 22.8 Å². The minimum absolute atomic E-state index is 0.00655. The van der Waals surface area contributed by atoms with Gasteiger partial charge in [-0.2, -0.15) is 0 Å². The number of fused-ring (bicyclic) bond motifs is 1. The Morgan fingerprint density at radius 2 is 2.00 bits per heavy atom. The molecule has 26 heavy (non-hydrogen) atoms. The smallest absolute Gasteiger partial charge is 0.239 e. The lowest BCUT2D eigenvalue weighted by atomic mass is 10.1. The molecular formula is C19H27N3O4. The summed E-state index contributed by atoms with van der Waals surface area (Å²) in [5.41, 5.74) is 6.40. The lowest BCUT2D eigenvalue weighted by Gasteiger charge is -2.16. The molecule has 7 heteroatoms. The van der Waals surface area contributed by atoms with E-state index in [1.165, 1.54) is 0 Å². The van der Waals surface area contributed by atoms with E-state index in [1.54, 1.807) is 0 Å². The van der Waals surface area contributed by atoms with Crippen molar-refractivity contribution in [3.8, 4) is 5.75 Å². The van der Waals surface area contributed by atoms with Gasteiger partial charge in [0.05, 0.1) is 25.2 Å². The van der Waals surface area contributed by atoms with Gasteiger partial charge in [-0.25, -0.2) is 0 Å². The van der Waals surface area contributed by atoms with Gasteiger partial charge in [0, 0.05) is 5.39 Å². The third kappa shape index (κ3) is 4.76. The molecule has 7 nitrogen and oxygen atoms in total. The molecule has 2 aromatic rings. The zero-order valence-electron chi connectivity index (χ0n) is 15.7. The molecule has 142 valence electrons. The number of rotatable bonds is 8. The summed E-state index contributed by atoms with van der Waals surface area (Å²) in [7, 11) is 0. The van der Waals surface area contributed by atoms with Crippen LogP contribution in [0.15, 0.2) is 28.7 Å². The highest BCUT2D eigenvalue weighted by Gasteiger charge is 2.19. The van der Waals surface area contributed by atoms with Crippen LogP contribution in [0.2, 0.25) is 0 Å². The third-order valence-electron chi connectivity index (χ3n) is 4.08. The number of hydrogen-bond acceptors (Lipinski definition) is 5. The summed E-state index contributed by atoms with van der Waals surface area (Å²) in [6, 6.07) is 6.55. The summed E-state index contributed by atoms with van der Waals surface area (Å²) >= 11 is 0. The van der Waals surface area contributed by atoms with Crippen molar-refractivity contribution in [3.05, 3.63) is 30.0 Å². The second kappa shape index (κ2) is 8.71. The largest absolute Gasteiger partial charge is 0.490 e. The predicted molar refractivity (Wildman–Crippen MR) is 99.8 cm³/mol. The molecule has 0 fully saturated rings. The number of benzene rings is 1. The molecular weight excluding hydrogens is 334 g/mol. The van der Waals surface area contributed by atoms with Crippen LogP contribution in [0.1, 0.15) is 39.5 Å². The van der Waals surface area contributed by atoms with Gasteiger partial charge in [0.25, 0.3) is 0 Å². The summed E-state index contributed by atoms with van der Waals surface area (Å²) < 4.78 is 11.4. The fourth-order valence-electron chi connectivity index (χ4n) is 2.49. The van der Waals surface area contributed by atoms with Gasteiger partial charge in [0.1, 0.15) is 5.76 Å². The van der Waals surface area contributed by atoms with Crippen molar-refractivity contribution in [2.24, 2.45) is 11.7 Å². The number of furan rings is 1. The van der Waals surface area contributed by atoms with Gasteiger partial charge in [-0.05, 0) is 31.9 Å². The average molecular weight is 361 g/mol. The predicted octanol–water partition coefficient (Wildman–Crippen LogP) is 2.11. The normalized spacial score (nSPS) is 13.5. The van der Waals surface area contributed by atoms with Gasteiger partial charge in [-0.15, -0.1) is 0 Å². The minimum Gasteiger partial charge on any atom is -0.490 e. The Morgan fingerprint density at radius 1 is 1.27 bits per heavy atom. The second-order valence-corrected chi connectivity index (χ2v) is 6.53. The van der Waals surface area contributed by atoms with Gasteiger partial charge >= 0.3 is 0 Å². The number of hydrogen-bond donors (Lipinski definition) is 3. The molecule has 0 aliphatic heterocycles. The third-order valence-corrected chi connectivity index (χ3v) is 4.08. The summed E-state index contributed by atoms with van der Waals surface area (Å²) in [6.45, 7) is 7.84. The van der Waals surface area contributed by atoms with Gasteiger partial charge in [-0.3, -0.25) is 9.59 Å². The highest BCUT2D eigenvalue weighted by molar-refractivity contribution is 5.88. The van der Waals surface area contributed by atoms with E-state index in [2.05, 4.69) is 10.6 Å². The number of carbonyl (C=O) groups is 2. The van der Waals surface area contributed by atoms with Crippen molar-refractivity contribution in [2.75, 3.05) is 13.2 Å². The fraction of sp³-hybridized carbons (Fsp3) is 0.474. The van der Waals surface area contributed by atoms with Crippen molar-refractivity contribution in [3.63, 3.8) is 0 Å². The maximum atomic E-state index is 12.1. The molecule has 0 aliphatic rings. The molecule has 4 N–H and O–H groups in total. The van der Waals surface area contributed by atoms with E-state index >= 15 is 0 Å². The number of carbonyl (C=O) groups excluding carboxylic acids is 2. The van der Waals surface area contributed by atoms with Crippen molar-refractivity contribution in [1.29, 1.82) is 0 Å². The van der Waals surface area contributed by atoms with E-state index < -0.39 is 6.04 Å². The van der Waals surface area contributed by atoms with Crippen LogP contribution < -0.4 is 21.1 Å². The highest BCUT2D eigenvalue weighted by Crippen LogP contribution is 2.31. The van der Waals surface area contributed by atoms with E-state index in [1.807, 2.05) is 52.0 Å². The topological polar surface area (TPSA) is 107 Å². The second-order valence-electron chi connectivity index (χ2n) is 6.53. The van der Waals surface area contributed by atoms with Crippen LogP contribution in [0.4, 0.5) is 0 Å². The molecule has 0 radical (unpaired) electrons. The minimum atomic E-state index is -0.632. The van der Waals surface area contributed by atoms with Crippen LogP contribution in [-0.2, 0) is 9.59 Å². The lowest BCUT2D eigenvalue weighted by Crippen LogP contribution is -2.47. The Morgan fingerprint density at radius 3 is 2.65 bits per heavy atom. The molecule has 2 amide bonds. The zero-order valence-corrected chi connectivity index (χ0v) is 15.7. The number of ether oxygens (including phenoxy) is 1. The van der Waals surface area contributed by atoms with E-state index in [0.29, 0.717) is 23.7 Å². The maximum Gasteiger partial charge on any atom is 0.239 e. The quantitative estimate of drug-likeness (QED) is 0.668. The van der Waals surface area contributed by atoms with Crippen LogP contribution in [0.25, 0.3) is 11.0 Å². The summed E-state index contributed by atoms with van der Waals surface area (Å²) in [5.74, 6) is 0.641. The Labute approximate surface area is 153 Å². The van der Waals surface area contributed by atoms with E-state index in [0.717, 1.165) is 5.39 Å². The van der Waals surface area contributed by atoms with E-state index in [4.69, 9.17) is 14.9 Å². The Bertz CT molecular complexity index is 769. The standard InChI is InChI=1S/C19H27N3O4/c1-5-25-14-8-6-7-13-9-15(26-18(13)14)12(4)22-16(23)10-21-19(24)17(20)11(2)3/h6-9,11-12,17H,5,10,20H2,1-4H3,(H,21,24)(H,22,23)/t12?,17-/m0/s1. The number of para-hydroxylation sites is 1. The summed E-state index contributed by atoms with van der Waals surface area (Å²) in [6.07, 6.45) is 0. The van der Waals surface area contributed by atoms with Gasteiger partial charge in [0.15, 0.2) is 11.3 Å². The highest BCUT2D eigenvalue weighted by atomic mass is 16.5. The van der Waals surface area contributed by atoms with E-state index in [-0.39, 0.29) is 30.3 Å². The van der Waals surface area contributed by atoms with E-state index in [9.17, 15) is 9.59 Å². The number of nitrogens with two attached hydrogens (primary N) is 1. The number of amides is 2. The monoisotopic (exact) mass is 361 g/mol. The van der Waals surface area contributed by atoms with Crippen LogP contribution in [0.5, 0.6) is 5.75 Å². The van der Waals surface area contributed by atoms with Gasteiger partial charge in [-0.1, -0.05) is 26.0 Å². The Hall–Kier alpha value is -2.54. The Kier molecular flexibility index (Phi) is 6.63. The van der Waals surface area contributed by atoms with Gasteiger partial charge < -0.3 is 25.5 Å². The first kappa shape index (κ1) is 19.8. The van der Waals surface area contributed by atoms with Crippen molar-refractivity contribution in [2.45, 2.75) is 39.8 Å². The summed E-state index contributed by atoms with van der Waals surface area (Å²) in [4.78, 5) is 23.9. The average Bonchev–Trinajstić information content (AvgIpc) is 3.04. The van der Waals surface area contributed by atoms with Crippen LogP contribution >= 0.6 is 0 Å². The first-order valence-electron chi connectivity index (χ1n) is 8.81. The zero-order chi connectivity index (χ0) is 19.3. The van der Waals surface area contributed by atoms with Crippen LogP contribution in [0, 0.1) is 5.92 Å². The van der Waals surface area contributed by atoms with Crippen LogP contribution in [0.3, 0.4) is 0 Å². The molecule has 1 unspecified atom stereocenters. The van der Waals surface area contributed by atoms with Gasteiger partial charge in [0.2, 0.25) is 11.8 Å². The Balaban J connectivity index is 1.98. The first-order valence-corrected chi connectivity index (χ1v) is 8.81.